The lowest BCUT2D eigenvalue weighted by Gasteiger charge is -2.10. The van der Waals surface area contributed by atoms with E-state index >= 15 is 0 Å². The lowest BCUT2D eigenvalue weighted by Crippen LogP contribution is -2.18. The maximum Gasteiger partial charge on any atom is 0.124 e. The second-order valence-corrected chi connectivity index (χ2v) is 3.53. The summed E-state index contributed by atoms with van der Waals surface area (Å²) in [6.45, 7) is 6.65. The summed E-state index contributed by atoms with van der Waals surface area (Å²) in [4.78, 5) is 0. The maximum atomic E-state index is 5.56. The monoisotopic (exact) mass is 220 g/mol. The summed E-state index contributed by atoms with van der Waals surface area (Å²) in [7, 11) is 0. The topological polar surface area (TPSA) is 47.3 Å². The molecule has 0 aliphatic carbocycles. The number of para-hydroxylation sites is 1. The Labute approximate surface area is 97.3 Å². The summed E-state index contributed by atoms with van der Waals surface area (Å²) in [5, 5.41) is 3.33. The van der Waals surface area contributed by atoms with Gasteiger partial charge in [0.2, 0.25) is 0 Å². The Balaban J connectivity index is 2.46. The van der Waals surface area contributed by atoms with E-state index in [0.29, 0.717) is 6.61 Å². The van der Waals surface area contributed by atoms with Gasteiger partial charge in [0.25, 0.3) is 0 Å². The van der Waals surface area contributed by atoms with Crippen molar-refractivity contribution in [2.45, 2.75) is 13.0 Å². The van der Waals surface area contributed by atoms with Gasteiger partial charge in [-0.1, -0.05) is 30.9 Å². The number of benzene rings is 1. The fourth-order valence-corrected chi connectivity index (χ4v) is 1.39. The number of ether oxygens (including phenoxy) is 1. The molecule has 0 bridgehead atoms. The fourth-order valence-electron chi connectivity index (χ4n) is 1.39. The minimum atomic E-state index is 0.541. The molecule has 0 atom stereocenters. The van der Waals surface area contributed by atoms with Gasteiger partial charge < -0.3 is 15.8 Å². The van der Waals surface area contributed by atoms with Crippen LogP contribution in [0.4, 0.5) is 0 Å². The third kappa shape index (κ3) is 4.47. The van der Waals surface area contributed by atoms with Crippen LogP contribution < -0.4 is 15.8 Å². The number of rotatable bonds is 8. The first-order chi connectivity index (χ1) is 7.88. The van der Waals surface area contributed by atoms with Gasteiger partial charge in [-0.05, 0) is 25.6 Å². The van der Waals surface area contributed by atoms with Gasteiger partial charge in [0.1, 0.15) is 12.4 Å². The van der Waals surface area contributed by atoms with E-state index < -0.39 is 0 Å². The van der Waals surface area contributed by atoms with E-state index in [2.05, 4.69) is 18.0 Å². The van der Waals surface area contributed by atoms with Gasteiger partial charge in [0, 0.05) is 12.1 Å². The van der Waals surface area contributed by atoms with Gasteiger partial charge in [0.05, 0.1) is 0 Å². The van der Waals surface area contributed by atoms with Crippen LogP contribution in [0.5, 0.6) is 5.75 Å². The molecule has 16 heavy (non-hydrogen) atoms. The molecule has 1 aromatic rings. The minimum absolute atomic E-state index is 0.541. The fraction of sp³-hybridized carbons (Fsp3) is 0.385. The molecule has 0 saturated heterocycles. The van der Waals surface area contributed by atoms with Crippen LogP contribution >= 0.6 is 0 Å². The molecule has 0 aromatic heterocycles. The summed E-state index contributed by atoms with van der Waals surface area (Å²) >= 11 is 0. The molecule has 0 radical (unpaired) electrons. The summed E-state index contributed by atoms with van der Waals surface area (Å²) in [5.41, 5.74) is 6.60. The third-order valence-corrected chi connectivity index (χ3v) is 2.20. The summed E-state index contributed by atoms with van der Waals surface area (Å²) in [6, 6.07) is 8.03. The van der Waals surface area contributed by atoms with Crippen molar-refractivity contribution in [2.24, 2.45) is 5.73 Å². The Morgan fingerprint density at radius 3 is 2.94 bits per heavy atom. The van der Waals surface area contributed by atoms with Crippen molar-refractivity contribution in [1.29, 1.82) is 0 Å². The molecule has 0 heterocycles. The predicted molar refractivity (Wildman–Crippen MR) is 67.5 cm³/mol. The van der Waals surface area contributed by atoms with Crippen LogP contribution in [-0.2, 0) is 6.54 Å². The lowest BCUT2D eigenvalue weighted by molar-refractivity contribution is 0.358. The molecule has 3 N–H and O–H groups in total. The first-order valence-corrected chi connectivity index (χ1v) is 5.61. The van der Waals surface area contributed by atoms with Crippen molar-refractivity contribution in [3.8, 4) is 5.75 Å². The highest BCUT2D eigenvalue weighted by Crippen LogP contribution is 2.17. The first kappa shape index (κ1) is 12.7. The van der Waals surface area contributed by atoms with Crippen molar-refractivity contribution in [1.82, 2.24) is 5.32 Å². The van der Waals surface area contributed by atoms with Crippen LogP contribution in [0.1, 0.15) is 12.0 Å². The number of hydrogen-bond acceptors (Lipinski definition) is 3. The molecule has 0 aliphatic rings. The highest BCUT2D eigenvalue weighted by Gasteiger charge is 2.00. The second-order valence-electron chi connectivity index (χ2n) is 3.53. The molecular formula is C13H20N2O. The average molecular weight is 220 g/mol. The molecule has 1 rings (SSSR count). The molecule has 3 heteroatoms. The minimum Gasteiger partial charge on any atom is -0.489 e. The highest BCUT2D eigenvalue weighted by atomic mass is 16.5. The lowest BCUT2D eigenvalue weighted by atomic mass is 10.2. The molecule has 3 nitrogen and oxygen atoms in total. The van der Waals surface area contributed by atoms with Crippen molar-refractivity contribution < 1.29 is 4.74 Å². The number of nitrogens with two attached hydrogens (primary N) is 1. The van der Waals surface area contributed by atoms with Crippen molar-refractivity contribution in [3.63, 3.8) is 0 Å². The standard InChI is InChI=1S/C13H20N2O/c1-2-10-16-13-7-4-3-6-12(13)11-15-9-5-8-14/h2-4,6-7,15H,1,5,8-11,14H2. The molecule has 0 fully saturated rings. The van der Waals surface area contributed by atoms with Gasteiger partial charge in [-0.3, -0.25) is 0 Å². The third-order valence-electron chi connectivity index (χ3n) is 2.20. The van der Waals surface area contributed by atoms with Gasteiger partial charge in [-0.25, -0.2) is 0 Å². The van der Waals surface area contributed by atoms with Crippen LogP contribution in [0.2, 0.25) is 0 Å². The van der Waals surface area contributed by atoms with Crippen LogP contribution in [-0.4, -0.2) is 19.7 Å². The van der Waals surface area contributed by atoms with E-state index in [1.165, 1.54) is 5.56 Å². The normalized spacial score (nSPS) is 10.1. The van der Waals surface area contributed by atoms with Crippen molar-refractivity contribution in [3.05, 3.63) is 42.5 Å². The number of hydrogen-bond donors (Lipinski definition) is 2. The van der Waals surface area contributed by atoms with E-state index in [-0.39, 0.29) is 0 Å². The smallest absolute Gasteiger partial charge is 0.124 e. The van der Waals surface area contributed by atoms with Crippen LogP contribution in [0.15, 0.2) is 36.9 Å². The van der Waals surface area contributed by atoms with E-state index in [0.717, 1.165) is 31.8 Å². The van der Waals surface area contributed by atoms with Crippen LogP contribution in [0.3, 0.4) is 0 Å². The Kier molecular flexibility index (Phi) is 6.30. The zero-order valence-corrected chi connectivity index (χ0v) is 9.61. The van der Waals surface area contributed by atoms with E-state index in [1.807, 2.05) is 18.2 Å². The summed E-state index contributed by atoms with van der Waals surface area (Å²) in [6.07, 6.45) is 2.74. The largest absolute Gasteiger partial charge is 0.489 e. The average Bonchev–Trinajstić information content (AvgIpc) is 2.33. The zero-order chi connectivity index (χ0) is 11.6. The zero-order valence-electron chi connectivity index (χ0n) is 9.61. The molecule has 88 valence electrons. The van der Waals surface area contributed by atoms with Gasteiger partial charge in [-0.2, -0.15) is 0 Å². The Morgan fingerprint density at radius 1 is 1.38 bits per heavy atom. The molecule has 1 aromatic carbocycles. The van der Waals surface area contributed by atoms with Gasteiger partial charge in [-0.15, -0.1) is 0 Å². The second kappa shape index (κ2) is 7.91. The van der Waals surface area contributed by atoms with Gasteiger partial charge >= 0.3 is 0 Å². The van der Waals surface area contributed by atoms with Gasteiger partial charge in [0.15, 0.2) is 0 Å². The van der Waals surface area contributed by atoms with E-state index in [9.17, 15) is 0 Å². The maximum absolute atomic E-state index is 5.56. The van der Waals surface area contributed by atoms with Crippen LogP contribution in [0, 0.1) is 0 Å². The van der Waals surface area contributed by atoms with E-state index in [4.69, 9.17) is 10.5 Å². The summed E-state index contributed by atoms with van der Waals surface area (Å²) < 4.78 is 5.56. The van der Waals surface area contributed by atoms with E-state index in [1.54, 1.807) is 6.08 Å². The molecule has 0 unspecified atom stereocenters. The highest BCUT2D eigenvalue weighted by molar-refractivity contribution is 5.33. The Hall–Kier alpha value is -1.32. The van der Waals surface area contributed by atoms with Crippen molar-refractivity contribution >= 4 is 0 Å². The number of nitrogens with one attached hydrogen (secondary N) is 1. The SMILES string of the molecule is C=CCOc1ccccc1CNCCCN. The molecular weight excluding hydrogens is 200 g/mol. The first-order valence-electron chi connectivity index (χ1n) is 5.61. The Bertz CT molecular complexity index is 313. The molecule has 0 aliphatic heterocycles. The van der Waals surface area contributed by atoms with Crippen molar-refractivity contribution in [2.75, 3.05) is 19.7 Å². The Morgan fingerprint density at radius 2 is 2.19 bits per heavy atom. The molecule has 0 amide bonds. The quantitative estimate of drug-likeness (QED) is 0.517. The van der Waals surface area contributed by atoms with Crippen LogP contribution in [0.25, 0.3) is 0 Å². The molecule has 0 spiro atoms. The predicted octanol–water partition coefficient (Wildman–Crippen LogP) is 1.69. The summed E-state index contributed by atoms with van der Waals surface area (Å²) in [5.74, 6) is 0.919. The molecule has 0 saturated carbocycles.